The summed E-state index contributed by atoms with van der Waals surface area (Å²) in [5, 5.41) is 4.41. The van der Waals surface area contributed by atoms with Crippen molar-refractivity contribution in [3.8, 4) is 0 Å². The number of rotatable bonds is 6. The Morgan fingerprint density at radius 3 is 2.83 bits per heavy atom. The van der Waals surface area contributed by atoms with E-state index in [1.807, 2.05) is 24.4 Å². The molecular formula is C20H26N2O2. The van der Waals surface area contributed by atoms with Crippen LogP contribution in [0.3, 0.4) is 0 Å². The summed E-state index contributed by atoms with van der Waals surface area (Å²) in [5.41, 5.74) is 2.30. The predicted octanol–water partition coefficient (Wildman–Crippen LogP) is 3.34. The lowest BCUT2D eigenvalue weighted by molar-refractivity contribution is -0.126. The molecule has 4 heteroatoms. The van der Waals surface area contributed by atoms with E-state index in [1.54, 1.807) is 0 Å². The van der Waals surface area contributed by atoms with Crippen LogP contribution in [-0.4, -0.2) is 30.1 Å². The van der Waals surface area contributed by atoms with Gasteiger partial charge in [-0.1, -0.05) is 32.0 Å². The van der Waals surface area contributed by atoms with Crippen molar-refractivity contribution in [1.29, 1.82) is 0 Å². The van der Waals surface area contributed by atoms with E-state index in [1.165, 1.54) is 10.9 Å². The van der Waals surface area contributed by atoms with E-state index in [9.17, 15) is 4.79 Å². The monoisotopic (exact) mass is 326 g/mol. The van der Waals surface area contributed by atoms with Crippen molar-refractivity contribution in [3.63, 3.8) is 0 Å². The highest BCUT2D eigenvalue weighted by atomic mass is 16.5. The number of nitrogens with zero attached hydrogens (tertiary/aromatic N) is 1. The Morgan fingerprint density at radius 2 is 2.04 bits per heavy atom. The first-order chi connectivity index (χ1) is 11.7. The van der Waals surface area contributed by atoms with E-state index in [0.29, 0.717) is 19.1 Å². The lowest BCUT2D eigenvalue weighted by atomic mass is 9.92. The molecule has 1 aliphatic rings. The topological polar surface area (TPSA) is 51.2 Å². The van der Waals surface area contributed by atoms with Gasteiger partial charge in [0.2, 0.25) is 5.91 Å². The van der Waals surface area contributed by atoms with Crippen molar-refractivity contribution in [1.82, 2.24) is 10.3 Å². The van der Waals surface area contributed by atoms with Crippen LogP contribution in [0.1, 0.15) is 32.3 Å². The number of fused-ring (bicyclic) bond motifs is 1. The lowest BCUT2D eigenvalue weighted by Gasteiger charge is -2.22. The Kier molecular flexibility index (Phi) is 5.46. The van der Waals surface area contributed by atoms with Crippen LogP contribution in [0.25, 0.3) is 10.9 Å². The van der Waals surface area contributed by atoms with Crippen LogP contribution in [-0.2, 0) is 16.0 Å². The maximum absolute atomic E-state index is 12.4. The quantitative estimate of drug-likeness (QED) is 0.886. The molecule has 0 saturated carbocycles. The van der Waals surface area contributed by atoms with E-state index in [-0.39, 0.29) is 17.9 Å². The molecule has 1 amide bonds. The number of carbonyl (C=O) groups is 1. The fourth-order valence-electron chi connectivity index (χ4n) is 3.53. The molecule has 0 aliphatic carbocycles. The molecule has 2 atom stereocenters. The van der Waals surface area contributed by atoms with Gasteiger partial charge in [0.25, 0.3) is 0 Å². The van der Waals surface area contributed by atoms with E-state index >= 15 is 0 Å². The van der Waals surface area contributed by atoms with Crippen LogP contribution in [0.4, 0.5) is 0 Å². The number of amides is 1. The van der Waals surface area contributed by atoms with Gasteiger partial charge in [-0.3, -0.25) is 9.78 Å². The Labute approximate surface area is 143 Å². The van der Waals surface area contributed by atoms with Crippen molar-refractivity contribution >= 4 is 16.8 Å². The first kappa shape index (κ1) is 16.9. The van der Waals surface area contributed by atoms with Crippen LogP contribution < -0.4 is 5.32 Å². The number of carbonyl (C=O) groups excluding carboxylic acids is 1. The fourth-order valence-corrected chi connectivity index (χ4v) is 3.53. The third-order valence-electron chi connectivity index (χ3n) is 5.10. The molecule has 2 unspecified atom stereocenters. The third kappa shape index (κ3) is 3.59. The number of para-hydroxylation sites is 1. The van der Waals surface area contributed by atoms with E-state index in [0.717, 1.165) is 24.8 Å². The highest BCUT2D eigenvalue weighted by Gasteiger charge is 2.31. The van der Waals surface area contributed by atoms with Crippen LogP contribution in [0.15, 0.2) is 36.5 Å². The number of pyridine rings is 1. The summed E-state index contributed by atoms with van der Waals surface area (Å²) >= 11 is 0. The molecule has 1 aliphatic heterocycles. The minimum Gasteiger partial charge on any atom is -0.379 e. The van der Waals surface area contributed by atoms with Gasteiger partial charge in [0.15, 0.2) is 0 Å². The summed E-state index contributed by atoms with van der Waals surface area (Å²) in [6.07, 6.45) is 4.54. The smallest absolute Gasteiger partial charge is 0.223 e. The van der Waals surface area contributed by atoms with Gasteiger partial charge in [-0.05, 0) is 37.0 Å². The molecule has 3 rings (SSSR count). The zero-order valence-corrected chi connectivity index (χ0v) is 14.5. The van der Waals surface area contributed by atoms with Crippen LogP contribution in [0.5, 0.6) is 0 Å². The molecule has 24 heavy (non-hydrogen) atoms. The highest BCUT2D eigenvalue weighted by molar-refractivity contribution is 5.82. The number of benzene rings is 1. The van der Waals surface area contributed by atoms with Gasteiger partial charge in [0.1, 0.15) is 0 Å². The average molecular weight is 326 g/mol. The van der Waals surface area contributed by atoms with E-state index in [2.05, 4.69) is 36.3 Å². The molecule has 0 radical (unpaired) electrons. The number of ether oxygens (including phenoxy) is 1. The second kappa shape index (κ2) is 7.75. The maximum Gasteiger partial charge on any atom is 0.223 e. The second-order valence-electron chi connectivity index (χ2n) is 6.62. The Morgan fingerprint density at radius 1 is 1.25 bits per heavy atom. The lowest BCUT2D eigenvalue weighted by Crippen LogP contribution is -2.43. The molecule has 2 aromatic rings. The molecule has 1 aromatic heterocycles. The van der Waals surface area contributed by atoms with Gasteiger partial charge in [-0.2, -0.15) is 0 Å². The van der Waals surface area contributed by atoms with Gasteiger partial charge < -0.3 is 10.1 Å². The standard InChI is InChI=1S/C20H26N2O2/c1-3-14(4-2)20(23)22-19-13-24-12-16(19)11-15-9-10-21-18-8-6-5-7-17(15)18/h5-10,14,16,19H,3-4,11-13H2,1-2H3,(H,22,23). The summed E-state index contributed by atoms with van der Waals surface area (Å²) in [6.45, 7) is 5.45. The SMILES string of the molecule is CCC(CC)C(=O)NC1COCC1Cc1ccnc2ccccc12. The van der Waals surface area contributed by atoms with Crippen molar-refractivity contribution in [2.45, 2.75) is 39.2 Å². The van der Waals surface area contributed by atoms with Crippen LogP contribution in [0.2, 0.25) is 0 Å². The third-order valence-corrected chi connectivity index (χ3v) is 5.10. The molecular weight excluding hydrogens is 300 g/mol. The normalized spacial score (nSPS) is 20.6. The number of hydrogen-bond acceptors (Lipinski definition) is 3. The average Bonchev–Trinajstić information content (AvgIpc) is 3.03. The number of hydrogen-bond donors (Lipinski definition) is 1. The second-order valence-corrected chi connectivity index (χ2v) is 6.62. The largest absolute Gasteiger partial charge is 0.379 e. The first-order valence-electron chi connectivity index (χ1n) is 8.93. The van der Waals surface area contributed by atoms with E-state index < -0.39 is 0 Å². The molecule has 128 valence electrons. The minimum atomic E-state index is 0.102. The number of nitrogens with one attached hydrogen (secondary N) is 1. The van der Waals surface area contributed by atoms with Gasteiger partial charge in [-0.25, -0.2) is 0 Å². The summed E-state index contributed by atoms with van der Waals surface area (Å²) < 4.78 is 5.67. The predicted molar refractivity (Wildman–Crippen MR) is 95.8 cm³/mol. The molecule has 2 heterocycles. The molecule has 1 fully saturated rings. The summed E-state index contributed by atoms with van der Waals surface area (Å²) in [4.78, 5) is 16.8. The Bertz CT molecular complexity index is 692. The molecule has 0 spiro atoms. The van der Waals surface area contributed by atoms with E-state index in [4.69, 9.17) is 4.74 Å². The van der Waals surface area contributed by atoms with Crippen molar-refractivity contribution < 1.29 is 9.53 Å². The van der Waals surface area contributed by atoms with Crippen molar-refractivity contribution in [3.05, 3.63) is 42.1 Å². The molecule has 0 bridgehead atoms. The van der Waals surface area contributed by atoms with Crippen molar-refractivity contribution in [2.24, 2.45) is 11.8 Å². The number of aromatic nitrogens is 1. The summed E-state index contributed by atoms with van der Waals surface area (Å²) in [7, 11) is 0. The minimum absolute atomic E-state index is 0.102. The highest BCUT2D eigenvalue weighted by Crippen LogP contribution is 2.24. The first-order valence-corrected chi connectivity index (χ1v) is 8.93. The van der Waals surface area contributed by atoms with Crippen LogP contribution in [0, 0.1) is 11.8 Å². The zero-order chi connectivity index (χ0) is 16.9. The Hall–Kier alpha value is -1.94. The molecule has 4 nitrogen and oxygen atoms in total. The summed E-state index contributed by atoms with van der Waals surface area (Å²) in [6, 6.07) is 10.4. The van der Waals surface area contributed by atoms with Gasteiger partial charge in [-0.15, -0.1) is 0 Å². The van der Waals surface area contributed by atoms with Crippen LogP contribution >= 0.6 is 0 Å². The Balaban J connectivity index is 1.73. The van der Waals surface area contributed by atoms with Gasteiger partial charge in [0.05, 0.1) is 24.8 Å². The molecule has 1 N–H and O–H groups in total. The molecule has 1 aromatic carbocycles. The molecule has 1 saturated heterocycles. The van der Waals surface area contributed by atoms with Gasteiger partial charge in [0, 0.05) is 23.4 Å². The van der Waals surface area contributed by atoms with Gasteiger partial charge >= 0.3 is 0 Å². The van der Waals surface area contributed by atoms with Crippen molar-refractivity contribution in [2.75, 3.05) is 13.2 Å². The summed E-state index contributed by atoms with van der Waals surface area (Å²) in [5.74, 6) is 0.585. The zero-order valence-electron chi connectivity index (χ0n) is 14.5. The maximum atomic E-state index is 12.4. The fraction of sp³-hybridized carbons (Fsp3) is 0.500.